The lowest BCUT2D eigenvalue weighted by molar-refractivity contribution is -0.147. The average Bonchev–Trinajstić information content (AvgIpc) is 4.24. The molecule has 0 atom stereocenters. The first-order chi connectivity index (χ1) is 39.0. The second-order valence-electron chi connectivity index (χ2n) is 20.0. The number of aliphatic imine (C=N–C) groups is 1. The third-order valence-corrected chi connectivity index (χ3v) is 13.9. The molecule has 434 valence electrons. The first-order valence-corrected chi connectivity index (χ1v) is 27.6. The van der Waals surface area contributed by atoms with Gasteiger partial charge in [0.25, 0.3) is 0 Å². The Hall–Kier alpha value is -8.73. The monoisotopic (exact) mass is 1110 g/mol. The van der Waals surface area contributed by atoms with E-state index in [0.29, 0.717) is 38.6 Å². The summed E-state index contributed by atoms with van der Waals surface area (Å²) in [5, 5.41) is 17.7. The van der Waals surface area contributed by atoms with E-state index in [1.54, 1.807) is 0 Å². The number of aliphatic carboxylic acids is 1. The minimum atomic E-state index is -1.04. The molecule has 0 aliphatic rings. The number of benzene rings is 3. The minimum Gasteiger partial charge on any atom is -0.481 e. The van der Waals surface area contributed by atoms with Crippen LogP contribution in [-0.4, -0.2) is 208 Å². The smallest absolute Gasteiger partial charge is 0.304 e. The molecule has 23 nitrogen and oxygen atoms in total. The zero-order valence-electron chi connectivity index (χ0n) is 46.7. The summed E-state index contributed by atoms with van der Waals surface area (Å²) in [6.07, 6.45) is 7.97. The Balaban J connectivity index is 1.18. The molecule has 7 amide bonds. The Labute approximate surface area is 471 Å². The fourth-order valence-corrected chi connectivity index (χ4v) is 9.44. The molecule has 0 saturated carbocycles. The average molecular weight is 1120 g/mol. The van der Waals surface area contributed by atoms with Gasteiger partial charge < -0.3 is 71.6 Å². The Morgan fingerprint density at radius 3 is 1.40 bits per heavy atom. The van der Waals surface area contributed by atoms with Gasteiger partial charge in [0.15, 0.2) is 5.96 Å². The van der Waals surface area contributed by atoms with Crippen molar-refractivity contribution in [3.8, 4) is 0 Å². The second-order valence-corrected chi connectivity index (χ2v) is 20.0. The Bertz CT molecular complexity index is 3120. The van der Waals surface area contributed by atoms with Crippen molar-refractivity contribution >= 4 is 86.0 Å². The molecule has 0 fully saturated rings. The third-order valence-electron chi connectivity index (χ3n) is 13.9. The highest BCUT2D eigenvalue weighted by Crippen LogP contribution is 2.21. The van der Waals surface area contributed by atoms with Gasteiger partial charge in [0.2, 0.25) is 41.4 Å². The largest absolute Gasteiger partial charge is 0.481 e. The number of nitrogens with one attached hydrogen (secondary N) is 5. The van der Waals surface area contributed by atoms with E-state index in [0.717, 1.165) is 49.4 Å². The van der Waals surface area contributed by atoms with Crippen LogP contribution < -0.4 is 22.1 Å². The van der Waals surface area contributed by atoms with Crippen molar-refractivity contribution in [2.45, 2.75) is 58.8 Å². The number of aromatic amines is 3. The Morgan fingerprint density at radius 1 is 0.519 bits per heavy atom. The molecule has 3 aromatic carbocycles. The number of fused-ring (bicyclic) bond motifs is 3. The van der Waals surface area contributed by atoms with Crippen LogP contribution in [0.3, 0.4) is 0 Å². The number of nitrogens with zero attached hydrogens (tertiary/aromatic N) is 7. The molecule has 0 saturated heterocycles. The maximum Gasteiger partial charge on any atom is 0.304 e. The number of carbonyl (C=O) groups excluding carboxylic acids is 7. The van der Waals surface area contributed by atoms with E-state index in [1.165, 1.54) is 36.4 Å². The van der Waals surface area contributed by atoms with Crippen molar-refractivity contribution in [1.29, 1.82) is 0 Å². The van der Waals surface area contributed by atoms with Crippen LogP contribution in [0.15, 0.2) is 96.4 Å². The Kier molecular flexibility index (Phi) is 23.7. The second kappa shape index (κ2) is 31.2. The van der Waals surface area contributed by atoms with Crippen molar-refractivity contribution < 1.29 is 43.5 Å². The van der Waals surface area contributed by atoms with Crippen LogP contribution in [0.1, 0.15) is 56.2 Å². The topological polar surface area (TPSA) is 312 Å². The predicted molar refractivity (Wildman–Crippen MR) is 311 cm³/mol. The lowest BCUT2D eigenvalue weighted by Crippen LogP contribution is -2.52. The highest BCUT2D eigenvalue weighted by Gasteiger charge is 2.29. The normalized spacial score (nSPS) is 11.1. The van der Waals surface area contributed by atoms with Crippen molar-refractivity contribution in [2.24, 2.45) is 16.5 Å². The summed E-state index contributed by atoms with van der Waals surface area (Å²) in [7, 11) is 1.42. The molecule has 0 spiro atoms. The SMILES string of the molecule is CCCNC(=O)CN(CCc1c[nH]c2ccccc12)C(=O)CN(CCC)C(=O)CN(CCc1c[nH]c2ccccc12)C(=O)CN(C)C(=O)CN(CCCN=C(N)N)C(=O)CN(CCc1c[nH]c2ccccc12)C(=O)CNCCC(=O)O. The lowest BCUT2D eigenvalue weighted by atomic mass is 10.1. The highest BCUT2D eigenvalue weighted by atomic mass is 16.4. The maximum atomic E-state index is 14.6. The number of carboxylic acid groups (broad SMARTS) is 1. The minimum absolute atomic E-state index is 0.00554. The molecule has 10 N–H and O–H groups in total. The third kappa shape index (κ3) is 18.7. The molecule has 6 rings (SSSR count). The van der Waals surface area contributed by atoms with Crippen LogP contribution in [-0.2, 0) is 57.6 Å². The molecular weight excluding hydrogens is 1040 g/mol. The van der Waals surface area contributed by atoms with E-state index < -0.39 is 67.6 Å². The van der Waals surface area contributed by atoms with E-state index in [2.05, 4.69) is 30.6 Å². The van der Waals surface area contributed by atoms with Crippen molar-refractivity contribution in [3.05, 3.63) is 108 Å². The van der Waals surface area contributed by atoms with Gasteiger partial charge in [-0.1, -0.05) is 68.4 Å². The lowest BCUT2D eigenvalue weighted by Gasteiger charge is -2.31. The van der Waals surface area contributed by atoms with Gasteiger partial charge in [0.1, 0.15) is 0 Å². The summed E-state index contributed by atoms with van der Waals surface area (Å²) >= 11 is 0. The molecular formula is C58H78N14O9. The quantitative estimate of drug-likeness (QED) is 0.0164. The number of likely N-dealkylation sites (N-methyl/N-ethyl adjacent to an activating group) is 1. The molecule has 6 aromatic rings. The van der Waals surface area contributed by atoms with E-state index in [-0.39, 0.29) is 90.2 Å². The van der Waals surface area contributed by atoms with Crippen LogP contribution in [0.2, 0.25) is 0 Å². The molecule has 81 heavy (non-hydrogen) atoms. The fraction of sp³-hybridized carbons (Fsp3) is 0.431. The standard InChI is InChI=1S/C58H78N14O9/c1-4-23-62-50(73)35-70(28-20-41-31-64-47-16-9-6-13-44(41)47)56(79)38-68(26-5-2)54(77)40-72(30-22-43-33-66-49-18-11-8-15-46(43)49)53(76)36-67(3)52(75)37-69(27-12-24-63-58(59)60)55(78)39-71(51(74)34-61-25-19-57(80)81)29-21-42-32-65-48-17-10-7-14-45(42)48/h6-11,13-18,31-33,61,64-66H,4-5,12,19-30,34-40H2,1-3H3,(H,62,73)(H,80,81)(H4,59,60,63). The maximum absolute atomic E-state index is 14.6. The van der Waals surface area contributed by atoms with Gasteiger partial charge in [-0.15, -0.1) is 0 Å². The van der Waals surface area contributed by atoms with Crippen LogP contribution >= 0.6 is 0 Å². The van der Waals surface area contributed by atoms with Gasteiger partial charge in [-0.05, 0) is 73.4 Å². The van der Waals surface area contributed by atoms with E-state index in [4.69, 9.17) is 16.6 Å². The van der Waals surface area contributed by atoms with Crippen LogP contribution in [0.5, 0.6) is 0 Å². The summed E-state index contributed by atoms with van der Waals surface area (Å²) in [5.41, 5.74) is 16.7. The summed E-state index contributed by atoms with van der Waals surface area (Å²) in [4.78, 5) is 132. The number of guanidine groups is 1. The van der Waals surface area contributed by atoms with Gasteiger partial charge in [-0.2, -0.15) is 0 Å². The van der Waals surface area contributed by atoms with Crippen LogP contribution in [0.25, 0.3) is 32.7 Å². The summed E-state index contributed by atoms with van der Waals surface area (Å²) in [5.74, 6) is -4.65. The molecule has 23 heteroatoms. The summed E-state index contributed by atoms with van der Waals surface area (Å²) in [6.45, 7) is 2.39. The number of amides is 7. The molecule has 0 unspecified atom stereocenters. The van der Waals surface area contributed by atoms with E-state index >= 15 is 0 Å². The first kappa shape index (κ1) is 61.5. The number of carboxylic acids is 1. The number of hydrogen-bond acceptors (Lipinski definition) is 10. The van der Waals surface area contributed by atoms with Gasteiger partial charge in [-0.25, -0.2) is 0 Å². The fourth-order valence-electron chi connectivity index (χ4n) is 9.44. The summed E-state index contributed by atoms with van der Waals surface area (Å²) < 4.78 is 0. The number of hydrogen-bond donors (Lipinski definition) is 8. The number of carbonyl (C=O) groups is 8. The van der Waals surface area contributed by atoms with Gasteiger partial charge >= 0.3 is 5.97 Å². The van der Waals surface area contributed by atoms with E-state index in [1.807, 2.05) is 105 Å². The molecule has 3 aromatic heterocycles. The summed E-state index contributed by atoms with van der Waals surface area (Å²) in [6, 6.07) is 23.2. The van der Waals surface area contributed by atoms with Crippen molar-refractivity contribution in [1.82, 2.24) is 55.0 Å². The highest BCUT2D eigenvalue weighted by molar-refractivity contribution is 5.93. The number of para-hydroxylation sites is 3. The molecule has 3 heterocycles. The molecule has 0 radical (unpaired) electrons. The first-order valence-electron chi connectivity index (χ1n) is 27.6. The van der Waals surface area contributed by atoms with Crippen LogP contribution in [0, 0.1) is 0 Å². The number of nitrogens with two attached hydrogens (primary N) is 2. The molecule has 0 aliphatic carbocycles. The number of rotatable bonds is 34. The van der Waals surface area contributed by atoms with Gasteiger partial charge in [0, 0.05) is 111 Å². The predicted octanol–water partition coefficient (Wildman–Crippen LogP) is 2.42. The zero-order valence-corrected chi connectivity index (χ0v) is 46.7. The van der Waals surface area contributed by atoms with Crippen molar-refractivity contribution in [2.75, 3.05) is 105 Å². The Morgan fingerprint density at radius 2 is 0.938 bits per heavy atom. The van der Waals surface area contributed by atoms with Crippen LogP contribution in [0.4, 0.5) is 0 Å². The number of H-pyrrole nitrogens is 3. The van der Waals surface area contributed by atoms with Gasteiger partial charge in [0.05, 0.1) is 52.2 Å². The number of aromatic nitrogens is 3. The van der Waals surface area contributed by atoms with Gasteiger partial charge in [-0.3, -0.25) is 43.3 Å². The molecule has 0 bridgehead atoms. The van der Waals surface area contributed by atoms with E-state index in [9.17, 15) is 38.4 Å². The zero-order chi connectivity index (χ0) is 58.3. The van der Waals surface area contributed by atoms with Crippen molar-refractivity contribution in [3.63, 3.8) is 0 Å². The molecule has 0 aliphatic heterocycles.